The van der Waals surface area contributed by atoms with Crippen LogP contribution in [0.3, 0.4) is 0 Å². The van der Waals surface area contributed by atoms with Gasteiger partial charge in [-0.3, -0.25) is 0 Å². The van der Waals surface area contributed by atoms with Gasteiger partial charge in [-0.2, -0.15) is 0 Å². The fraction of sp³-hybridized carbons (Fsp3) is 0.600. The van der Waals surface area contributed by atoms with Crippen molar-refractivity contribution in [2.24, 2.45) is 0 Å². The van der Waals surface area contributed by atoms with E-state index >= 15 is 0 Å². The lowest BCUT2D eigenvalue weighted by Gasteiger charge is -2.23. The van der Waals surface area contributed by atoms with Gasteiger partial charge in [0, 0.05) is 12.7 Å². The molecule has 88 valence electrons. The monoisotopic (exact) mass is 244 g/mol. The molecule has 0 radical (unpaired) electrons. The van der Waals surface area contributed by atoms with E-state index in [0.717, 1.165) is 19.4 Å². The van der Waals surface area contributed by atoms with Gasteiger partial charge < -0.3 is 14.2 Å². The van der Waals surface area contributed by atoms with Gasteiger partial charge in [0.1, 0.15) is 6.10 Å². The minimum absolute atomic E-state index is 0.0122. The molecule has 1 aromatic rings. The Hall–Kier alpha value is -1.07. The van der Waals surface area contributed by atoms with Crippen molar-refractivity contribution >= 4 is 11.6 Å². The van der Waals surface area contributed by atoms with E-state index in [-0.39, 0.29) is 11.3 Å². The number of rotatable bonds is 3. The zero-order valence-electron chi connectivity index (χ0n) is 8.98. The summed E-state index contributed by atoms with van der Waals surface area (Å²) >= 11 is 5.70. The molecule has 2 rings (SSSR count). The quantitative estimate of drug-likeness (QED) is 0.810. The molecule has 6 heteroatoms. The van der Waals surface area contributed by atoms with Gasteiger partial charge in [0.2, 0.25) is 0 Å². The summed E-state index contributed by atoms with van der Waals surface area (Å²) < 4.78 is 16.1. The van der Waals surface area contributed by atoms with Crippen LogP contribution in [0, 0.1) is 0 Å². The van der Waals surface area contributed by atoms with Gasteiger partial charge in [0.25, 0.3) is 5.88 Å². The van der Waals surface area contributed by atoms with Crippen molar-refractivity contribution in [1.29, 1.82) is 0 Å². The van der Waals surface area contributed by atoms with Crippen molar-refractivity contribution in [3.63, 3.8) is 0 Å². The molecule has 0 bridgehead atoms. The molecule has 1 saturated heterocycles. The molecule has 1 aromatic heterocycles. The molecule has 16 heavy (non-hydrogen) atoms. The van der Waals surface area contributed by atoms with E-state index in [1.54, 1.807) is 6.07 Å². The molecule has 1 aliphatic heterocycles. The zero-order chi connectivity index (χ0) is 11.4. The van der Waals surface area contributed by atoms with Crippen LogP contribution in [0.4, 0.5) is 0 Å². The lowest BCUT2D eigenvalue weighted by Crippen LogP contribution is -2.28. The maximum absolute atomic E-state index is 5.70. The fourth-order valence-electron chi connectivity index (χ4n) is 1.53. The minimum atomic E-state index is 0.0122. The summed E-state index contributed by atoms with van der Waals surface area (Å²) in [5.41, 5.74) is 0. The number of aromatic nitrogens is 2. The van der Waals surface area contributed by atoms with Gasteiger partial charge in [0.05, 0.1) is 13.7 Å². The van der Waals surface area contributed by atoms with E-state index in [4.69, 9.17) is 25.8 Å². The molecule has 1 aliphatic rings. The summed E-state index contributed by atoms with van der Waals surface area (Å²) in [5.74, 6) is 0.855. The average Bonchev–Trinajstić information content (AvgIpc) is 2.33. The number of ether oxygens (including phenoxy) is 3. The van der Waals surface area contributed by atoms with Gasteiger partial charge in [0.15, 0.2) is 10.9 Å². The Morgan fingerprint density at radius 3 is 3.06 bits per heavy atom. The molecule has 0 spiro atoms. The van der Waals surface area contributed by atoms with E-state index in [1.165, 1.54) is 7.11 Å². The van der Waals surface area contributed by atoms with E-state index in [2.05, 4.69) is 10.2 Å². The highest BCUT2D eigenvalue weighted by Crippen LogP contribution is 2.27. The predicted octanol–water partition coefficient (Wildman–Crippen LogP) is 1.70. The number of nitrogens with zero attached hydrogens (tertiary/aromatic N) is 2. The van der Waals surface area contributed by atoms with Crippen molar-refractivity contribution in [2.75, 3.05) is 20.3 Å². The molecule has 5 nitrogen and oxygen atoms in total. The molecular formula is C10H13ClN2O3. The van der Waals surface area contributed by atoms with Crippen LogP contribution >= 0.6 is 11.6 Å². The molecule has 1 atom stereocenters. The Balaban J connectivity index is 2.07. The average molecular weight is 245 g/mol. The third-order valence-electron chi connectivity index (χ3n) is 2.31. The zero-order valence-corrected chi connectivity index (χ0v) is 9.74. The number of hydrogen-bond acceptors (Lipinski definition) is 5. The van der Waals surface area contributed by atoms with Crippen LogP contribution in [-0.4, -0.2) is 36.6 Å². The van der Waals surface area contributed by atoms with Crippen LogP contribution in [0.1, 0.15) is 12.8 Å². The molecule has 1 fully saturated rings. The fourth-order valence-corrected chi connectivity index (χ4v) is 1.67. The lowest BCUT2D eigenvalue weighted by molar-refractivity contribution is 0.00399. The number of halogens is 1. The SMILES string of the molecule is COc1cc(Cl)nnc1OC1CCCOC1. The standard InChI is InChI=1S/C10H13ClN2O3/c1-14-8-5-9(11)12-13-10(8)16-7-3-2-4-15-6-7/h5,7H,2-4,6H2,1H3. The van der Waals surface area contributed by atoms with Crippen LogP contribution in [0.2, 0.25) is 5.15 Å². The maximum atomic E-state index is 5.70. The lowest BCUT2D eigenvalue weighted by atomic mass is 10.2. The van der Waals surface area contributed by atoms with Crippen molar-refractivity contribution < 1.29 is 14.2 Å². The van der Waals surface area contributed by atoms with E-state index in [0.29, 0.717) is 18.2 Å². The van der Waals surface area contributed by atoms with Crippen LogP contribution in [0.15, 0.2) is 6.07 Å². The summed E-state index contributed by atoms with van der Waals surface area (Å²) in [6.07, 6.45) is 1.96. The molecular weight excluding hydrogens is 232 g/mol. The second-order valence-electron chi connectivity index (χ2n) is 3.50. The van der Waals surface area contributed by atoms with E-state index < -0.39 is 0 Å². The summed E-state index contributed by atoms with van der Waals surface area (Å²) in [7, 11) is 1.54. The Morgan fingerprint density at radius 2 is 2.38 bits per heavy atom. The minimum Gasteiger partial charge on any atom is -0.491 e. The Labute approximate surface area is 98.7 Å². The summed E-state index contributed by atoms with van der Waals surface area (Å²) in [6, 6.07) is 1.58. The van der Waals surface area contributed by atoms with Gasteiger partial charge in [-0.05, 0) is 12.8 Å². The molecule has 0 N–H and O–H groups in total. The molecule has 0 saturated carbocycles. The molecule has 1 unspecified atom stereocenters. The normalized spacial score (nSPS) is 20.5. The first-order valence-corrected chi connectivity index (χ1v) is 5.49. The first kappa shape index (κ1) is 11.4. The Morgan fingerprint density at radius 1 is 1.50 bits per heavy atom. The highest BCUT2D eigenvalue weighted by molar-refractivity contribution is 6.29. The van der Waals surface area contributed by atoms with Gasteiger partial charge >= 0.3 is 0 Å². The van der Waals surface area contributed by atoms with Crippen LogP contribution in [-0.2, 0) is 4.74 Å². The smallest absolute Gasteiger partial charge is 0.276 e. The summed E-state index contributed by atoms with van der Waals surface area (Å²) in [4.78, 5) is 0. The third-order valence-corrected chi connectivity index (χ3v) is 2.50. The van der Waals surface area contributed by atoms with Crippen LogP contribution in [0.25, 0.3) is 0 Å². The number of hydrogen-bond donors (Lipinski definition) is 0. The highest BCUT2D eigenvalue weighted by Gasteiger charge is 2.18. The first-order valence-electron chi connectivity index (χ1n) is 5.11. The van der Waals surface area contributed by atoms with Gasteiger partial charge in [-0.1, -0.05) is 11.6 Å². The summed E-state index contributed by atoms with van der Waals surface area (Å²) in [5, 5.41) is 7.86. The second-order valence-corrected chi connectivity index (χ2v) is 3.88. The topological polar surface area (TPSA) is 53.5 Å². The van der Waals surface area contributed by atoms with Gasteiger partial charge in [-0.25, -0.2) is 0 Å². The molecule has 2 heterocycles. The molecule has 0 aromatic carbocycles. The van der Waals surface area contributed by atoms with Crippen molar-refractivity contribution in [3.05, 3.63) is 11.2 Å². The van der Waals surface area contributed by atoms with E-state index in [1.807, 2.05) is 0 Å². The summed E-state index contributed by atoms with van der Waals surface area (Å²) in [6.45, 7) is 1.37. The first-order chi connectivity index (χ1) is 7.79. The predicted molar refractivity (Wildman–Crippen MR) is 58.1 cm³/mol. The number of methoxy groups -OCH3 is 1. The van der Waals surface area contributed by atoms with Crippen molar-refractivity contribution in [2.45, 2.75) is 18.9 Å². The Kier molecular flexibility index (Phi) is 3.79. The van der Waals surface area contributed by atoms with Crippen molar-refractivity contribution in [1.82, 2.24) is 10.2 Å². The highest BCUT2D eigenvalue weighted by atomic mass is 35.5. The Bertz CT molecular complexity index is 356. The van der Waals surface area contributed by atoms with Crippen LogP contribution < -0.4 is 9.47 Å². The largest absolute Gasteiger partial charge is 0.491 e. The third kappa shape index (κ3) is 2.74. The van der Waals surface area contributed by atoms with Gasteiger partial charge in [-0.15, -0.1) is 10.2 Å². The van der Waals surface area contributed by atoms with E-state index in [9.17, 15) is 0 Å². The molecule has 0 amide bonds. The second kappa shape index (κ2) is 5.32. The maximum Gasteiger partial charge on any atom is 0.276 e. The molecule has 0 aliphatic carbocycles. The van der Waals surface area contributed by atoms with Crippen molar-refractivity contribution in [3.8, 4) is 11.6 Å². The van der Waals surface area contributed by atoms with Crippen LogP contribution in [0.5, 0.6) is 11.6 Å².